The van der Waals surface area contributed by atoms with Gasteiger partial charge in [0, 0.05) is 11.4 Å². The van der Waals surface area contributed by atoms with Gasteiger partial charge in [0.15, 0.2) is 0 Å². The first-order valence-electron chi connectivity index (χ1n) is 11.7. The number of nitrogens with zero attached hydrogens (tertiary/aromatic N) is 1. The maximum absolute atomic E-state index is 4.86. The fourth-order valence-corrected chi connectivity index (χ4v) is 3.62. The second-order valence-corrected chi connectivity index (χ2v) is 8.00. The molecule has 0 spiro atoms. The lowest BCUT2D eigenvalue weighted by Gasteiger charge is -2.05. The van der Waals surface area contributed by atoms with Gasteiger partial charge in [-0.2, -0.15) is 0 Å². The number of pyridine rings is 1. The monoisotopic (exact) mass is 358 g/mol. The van der Waals surface area contributed by atoms with E-state index in [0.717, 1.165) is 12.8 Å². The van der Waals surface area contributed by atoms with E-state index in [1.54, 1.807) is 0 Å². The SMILES string of the molecule is CCCCCCCCCCc1c[c]cc(CCCCCCCCCC)n1. The molecule has 0 unspecified atom stereocenters. The van der Waals surface area contributed by atoms with Gasteiger partial charge >= 0.3 is 0 Å². The molecule has 0 amide bonds. The minimum atomic E-state index is 1.14. The van der Waals surface area contributed by atoms with E-state index in [1.807, 2.05) is 0 Å². The number of aryl methyl sites for hydroxylation is 2. The Hall–Kier alpha value is -0.850. The summed E-state index contributed by atoms with van der Waals surface area (Å²) in [6.07, 6.45) is 24.4. The molecule has 0 aromatic carbocycles. The molecule has 1 heterocycles. The second-order valence-electron chi connectivity index (χ2n) is 8.00. The minimum Gasteiger partial charge on any atom is -0.258 e. The van der Waals surface area contributed by atoms with Crippen LogP contribution in [0.5, 0.6) is 0 Å². The summed E-state index contributed by atoms with van der Waals surface area (Å²) >= 11 is 0. The zero-order valence-corrected chi connectivity index (χ0v) is 17.8. The van der Waals surface area contributed by atoms with Crippen molar-refractivity contribution in [2.24, 2.45) is 0 Å². The molecule has 1 aromatic rings. The molecule has 0 atom stereocenters. The van der Waals surface area contributed by atoms with E-state index in [9.17, 15) is 0 Å². The van der Waals surface area contributed by atoms with Crippen LogP contribution in [0.4, 0.5) is 0 Å². The van der Waals surface area contributed by atoms with Gasteiger partial charge in [-0.3, -0.25) is 4.98 Å². The maximum Gasteiger partial charge on any atom is 0.0413 e. The Morgan fingerprint density at radius 3 is 1.27 bits per heavy atom. The average Bonchev–Trinajstić information content (AvgIpc) is 2.66. The molecule has 0 aliphatic rings. The molecular formula is C25H44N. The molecule has 0 bridgehead atoms. The van der Waals surface area contributed by atoms with Crippen molar-refractivity contribution < 1.29 is 0 Å². The van der Waals surface area contributed by atoms with Crippen molar-refractivity contribution in [3.8, 4) is 0 Å². The van der Waals surface area contributed by atoms with E-state index in [2.05, 4.69) is 32.0 Å². The van der Waals surface area contributed by atoms with E-state index in [-0.39, 0.29) is 0 Å². The first-order chi connectivity index (χ1) is 12.9. The lowest BCUT2D eigenvalue weighted by molar-refractivity contribution is 0.570. The minimum absolute atomic E-state index is 1.14. The lowest BCUT2D eigenvalue weighted by Crippen LogP contribution is -1.96. The summed E-state index contributed by atoms with van der Waals surface area (Å²) in [5, 5.41) is 0. The Morgan fingerprint density at radius 2 is 0.885 bits per heavy atom. The Morgan fingerprint density at radius 1 is 0.538 bits per heavy atom. The maximum atomic E-state index is 4.86. The molecular weight excluding hydrogens is 314 g/mol. The van der Waals surface area contributed by atoms with Gasteiger partial charge in [-0.1, -0.05) is 104 Å². The number of hydrogen-bond donors (Lipinski definition) is 0. The summed E-state index contributed by atoms with van der Waals surface area (Å²) in [6, 6.07) is 7.51. The van der Waals surface area contributed by atoms with Crippen LogP contribution in [0.3, 0.4) is 0 Å². The van der Waals surface area contributed by atoms with Gasteiger partial charge in [-0.05, 0) is 43.9 Å². The first kappa shape index (κ1) is 23.2. The standard InChI is InChI=1S/C25H44N/c1-3-5-7-9-11-13-15-17-20-24-22-19-23-25(26-24)21-18-16-14-12-10-8-6-4-2/h22-23H,3-18,20-21H2,1-2H3. The molecule has 0 saturated heterocycles. The molecule has 0 fully saturated rings. The highest BCUT2D eigenvalue weighted by Crippen LogP contribution is 2.13. The summed E-state index contributed by atoms with van der Waals surface area (Å²) in [7, 11) is 0. The molecule has 1 rings (SSSR count). The van der Waals surface area contributed by atoms with Gasteiger partial charge in [-0.15, -0.1) is 0 Å². The van der Waals surface area contributed by atoms with Crippen molar-refractivity contribution in [3.63, 3.8) is 0 Å². The van der Waals surface area contributed by atoms with Crippen LogP contribution >= 0.6 is 0 Å². The molecule has 1 aromatic heterocycles. The summed E-state index contributed by atoms with van der Waals surface area (Å²) in [5.41, 5.74) is 2.51. The van der Waals surface area contributed by atoms with Crippen LogP contribution in [0.15, 0.2) is 12.1 Å². The summed E-state index contributed by atoms with van der Waals surface area (Å²) < 4.78 is 0. The van der Waals surface area contributed by atoms with Gasteiger partial charge in [0.2, 0.25) is 0 Å². The number of unbranched alkanes of at least 4 members (excludes halogenated alkanes) is 14. The Labute approximate surface area is 164 Å². The van der Waals surface area contributed by atoms with Crippen molar-refractivity contribution in [2.45, 2.75) is 129 Å². The van der Waals surface area contributed by atoms with Gasteiger partial charge in [0.25, 0.3) is 0 Å². The Kier molecular flexibility index (Phi) is 15.7. The van der Waals surface area contributed by atoms with E-state index in [0.29, 0.717) is 0 Å². The fraction of sp³-hybridized carbons (Fsp3) is 0.800. The molecule has 26 heavy (non-hydrogen) atoms. The summed E-state index contributed by atoms with van der Waals surface area (Å²) in [4.78, 5) is 4.86. The van der Waals surface area contributed by atoms with Gasteiger partial charge < -0.3 is 0 Å². The van der Waals surface area contributed by atoms with Crippen molar-refractivity contribution in [1.82, 2.24) is 4.98 Å². The Balaban J connectivity index is 2.03. The van der Waals surface area contributed by atoms with Crippen LogP contribution in [0.1, 0.15) is 128 Å². The third-order valence-electron chi connectivity index (χ3n) is 5.36. The molecule has 0 aliphatic heterocycles. The van der Waals surface area contributed by atoms with Crippen molar-refractivity contribution in [2.75, 3.05) is 0 Å². The molecule has 0 aliphatic carbocycles. The Bertz CT molecular complexity index is 377. The average molecular weight is 359 g/mol. The zero-order valence-electron chi connectivity index (χ0n) is 17.8. The smallest absolute Gasteiger partial charge is 0.0413 e. The topological polar surface area (TPSA) is 12.9 Å². The highest BCUT2D eigenvalue weighted by molar-refractivity contribution is 5.10. The third-order valence-corrected chi connectivity index (χ3v) is 5.36. The molecule has 1 nitrogen and oxygen atoms in total. The number of aromatic nitrogens is 1. The zero-order chi connectivity index (χ0) is 18.7. The predicted octanol–water partition coefficient (Wildman–Crippen LogP) is 8.25. The van der Waals surface area contributed by atoms with Crippen LogP contribution in [-0.4, -0.2) is 4.98 Å². The van der Waals surface area contributed by atoms with Crippen LogP contribution < -0.4 is 0 Å². The third kappa shape index (κ3) is 13.4. The van der Waals surface area contributed by atoms with Crippen molar-refractivity contribution in [1.29, 1.82) is 0 Å². The van der Waals surface area contributed by atoms with E-state index < -0.39 is 0 Å². The molecule has 1 heteroatoms. The van der Waals surface area contributed by atoms with E-state index in [1.165, 1.54) is 114 Å². The number of hydrogen-bond acceptors (Lipinski definition) is 1. The largest absolute Gasteiger partial charge is 0.258 e. The highest BCUT2D eigenvalue weighted by Gasteiger charge is 2.00. The van der Waals surface area contributed by atoms with Crippen molar-refractivity contribution in [3.05, 3.63) is 29.6 Å². The molecule has 149 valence electrons. The lowest BCUT2D eigenvalue weighted by atomic mass is 10.0. The normalized spacial score (nSPS) is 11.2. The fourth-order valence-electron chi connectivity index (χ4n) is 3.62. The highest BCUT2D eigenvalue weighted by atomic mass is 14.7. The predicted molar refractivity (Wildman–Crippen MR) is 116 cm³/mol. The van der Waals surface area contributed by atoms with Gasteiger partial charge in [-0.25, -0.2) is 0 Å². The number of rotatable bonds is 18. The van der Waals surface area contributed by atoms with Crippen LogP contribution in [0.2, 0.25) is 0 Å². The van der Waals surface area contributed by atoms with Gasteiger partial charge in [0.05, 0.1) is 0 Å². The second kappa shape index (κ2) is 17.6. The molecule has 1 radical (unpaired) electrons. The molecule has 0 N–H and O–H groups in total. The summed E-state index contributed by atoms with van der Waals surface area (Å²) in [5.74, 6) is 0. The van der Waals surface area contributed by atoms with Crippen LogP contribution in [0.25, 0.3) is 0 Å². The quantitative estimate of drug-likeness (QED) is 0.241. The van der Waals surface area contributed by atoms with Crippen LogP contribution in [0, 0.1) is 6.07 Å². The van der Waals surface area contributed by atoms with E-state index in [4.69, 9.17) is 4.98 Å². The first-order valence-corrected chi connectivity index (χ1v) is 11.7. The molecule has 0 saturated carbocycles. The van der Waals surface area contributed by atoms with E-state index >= 15 is 0 Å². The van der Waals surface area contributed by atoms with Crippen LogP contribution in [-0.2, 0) is 12.8 Å². The van der Waals surface area contributed by atoms with Crippen molar-refractivity contribution >= 4 is 0 Å². The summed E-state index contributed by atoms with van der Waals surface area (Å²) in [6.45, 7) is 4.57. The van der Waals surface area contributed by atoms with Gasteiger partial charge in [0.1, 0.15) is 0 Å².